The summed E-state index contributed by atoms with van der Waals surface area (Å²) in [5.41, 5.74) is 1.11. The Bertz CT molecular complexity index is 1110. The molecule has 0 fully saturated rings. The van der Waals surface area contributed by atoms with E-state index in [-0.39, 0.29) is 16.4 Å². The molecule has 30 heavy (non-hydrogen) atoms. The van der Waals surface area contributed by atoms with Gasteiger partial charge in [-0.05, 0) is 42.1 Å². The summed E-state index contributed by atoms with van der Waals surface area (Å²) in [6, 6.07) is 16.7. The molecule has 1 heterocycles. The Morgan fingerprint density at radius 1 is 1.03 bits per heavy atom. The highest BCUT2D eigenvalue weighted by molar-refractivity contribution is 7.91. The van der Waals surface area contributed by atoms with Crippen molar-refractivity contribution in [1.29, 1.82) is 0 Å². The topological polar surface area (TPSA) is 102 Å². The van der Waals surface area contributed by atoms with Gasteiger partial charge in [0.05, 0.1) is 12.2 Å². The van der Waals surface area contributed by atoms with E-state index >= 15 is 0 Å². The van der Waals surface area contributed by atoms with Gasteiger partial charge >= 0.3 is 5.97 Å². The van der Waals surface area contributed by atoms with E-state index in [4.69, 9.17) is 4.74 Å². The number of ether oxygens (including phenoxy) is 1. The molecule has 1 amide bonds. The molecule has 7 nitrogen and oxygen atoms in total. The molecule has 0 saturated carbocycles. The Morgan fingerprint density at radius 3 is 2.47 bits per heavy atom. The molecule has 2 N–H and O–H groups in total. The molecule has 0 bridgehead atoms. The van der Waals surface area contributed by atoms with Crippen molar-refractivity contribution in [2.45, 2.75) is 17.2 Å². The average molecular weight is 445 g/mol. The summed E-state index contributed by atoms with van der Waals surface area (Å²) < 4.78 is 33.0. The minimum Gasteiger partial charge on any atom is -0.462 e. The lowest BCUT2D eigenvalue weighted by atomic mass is 10.1. The third-order valence-corrected chi connectivity index (χ3v) is 6.89. The van der Waals surface area contributed by atoms with E-state index in [9.17, 15) is 18.0 Å². The number of carbonyl (C=O) groups excluding carboxylic acids is 2. The van der Waals surface area contributed by atoms with Crippen molar-refractivity contribution in [3.05, 3.63) is 83.2 Å². The van der Waals surface area contributed by atoms with Crippen molar-refractivity contribution in [1.82, 2.24) is 4.72 Å². The first-order valence-electron chi connectivity index (χ1n) is 9.09. The van der Waals surface area contributed by atoms with Crippen LogP contribution in [0.25, 0.3) is 0 Å². The zero-order chi connectivity index (χ0) is 21.6. The number of nitrogens with one attached hydrogen (secondary N) is 2. The molecule has 0 radical (unpaired) electrons. The van der Waals surface area contributed by atoms with Crippen LogP contribution in [0.1, 0.15) is 28.9 Å². The molecule has 9 heteroatoms. The summed E-state index contributed by atoms with van der Waals surface area (Å²) in [5.74, 6) is -1.09. The Labute approximate surface area is 178 Å². The molecule has 3 aromatic rings. The lowest BCUT2D eigenvalue weighted by Gasteiger charge is -2.19. The Hall–Kier alpha value is -3.01. The van der Waals surface area contributed by atoms with Crippen LogP contribution in [0.5, 0.6) is 0 Å². The number of benzene rings is 2. The number of sulfonamides is 1. The smallest absolute Gasteiger partial charge is 0.338 e. The van der Waals surface area contributed by atoms with E-state index in [0.717, 1.165) is 11.3 Å². The van der Waals surface area contributed by atoms with E-state index in [1.165, 1.54) is 12.1 Å². The molecule has 0 spiro atoms. The monoisotopic (exact) mass is 444 g/mol. The van der Waals surface area contributed by atoms with E-state index in [1.54, 1.807) is 66.9 Å². The van der Waals surface area contributed by atoms with E-state index in [0.29, 0.717) is 11.3 Å². The number of anilines is 1. The maximum absolute atomic E-state index is 13.0. The van der Waals surface area contributed by atoms with Crippen LogP contribution in [0.4, 0.5) is 5.69 Å². The second kappa shape index (κ2) is 9.66. The fraction of sp³-hybridized carbons (Fsp3) is 0.143. The van der Waals surface area contributed by atoms with Crippen LogP contribution in [-0.2, 0) is 19.6 Å². The molecular weight excluding hydrogens is 424 g/mol. The van der Waals surface area contributed by atoms with Gasteiger partial charge in [0, 0.05) is 5.69 Å². The maximum Gasteiger partial charge on any atom is 0.338 e. The Balaban J connectivity index is 1.86. The third kappa shape index (κ3) is 5.32. The molecule has 0 aliphatic rings. The number of hydrogen-bond donors (Lipinski definition) is 2. The number of rotatable bonds is 8. The maximum atomic E-state index is 13.0. The SMILES string of the molecule is CCOC(=O)c1cccc(NC(=O)[C@@H](NS(=O)(=O)c2cccs2)c2ccccc2)c1. The van der Waals surface area contributed by atoms with Crippen LogP contribution in [0, 0.1) is 0 Å². The minimum absolute atomic E-state index is 0.112. The van der Waals surface area contributed by atoms with Crippen molar-refractivity contribution in [2.24, 2.45) is 0 Å². The van der Waals surface area contributed by atoms with Gasteiger partial charge in [0.25, 0.3) is 10.0 Å². The lowest BCUT2D eigenvalue weighted by molar-refractivity contribution is -0.117. The molecule has 3 rings (SSSR count). The fourth-order valence-electron chi connectivity index (χ4n) is 2.70. The minimum atomic E-state index is -3.90. The standard InChI is InChI=1S/C21H20N2O5S2/c1-2-28-21(25)16-10-6-11-17(14-16)22-20(24)19(15-8-4-3-5-9-15)23-30(26,27)18-12-7-13-29-18/h3-14,19,23H,2H2,1H3,(H,22,24)/t19-/m0/s1. The van der Waals surface area contributed by atoms with E-state index in [2.05, 4.69) is 10.0 Å². The Morgan fingerprint density at radius 2 is 1.80 bits per heavy atom. The highest BCUT2D eigenvalue weighted by atomic mass is 32.2. The quantitative estimate of drug-likeness (QED) is 0.517. The summed E-state index contributed by atoms with van der Waals surface area (Å²) in [5, 5.41) is 4.32. The van der Waals surface area contributed by atoms with Gasteiger partial charge in [0.15, 0.2) is 0 Å². The van der Waals surface area contributed by atoms with Crippen molar-refractivity contribution < 1.29 is 22.7 Å². The van der Waals surface area contributed by atoms with Crippen molar-refractivity contribution in [3.63, 3.8) is 0 Å². The van der Waals surface area contributed by atoms with E-state index in [1.807, 2.05) is 0 Å². The number of carbonyl (C=O) groups is 2. The zero-order valence-electron chi connectivity index (χ0n) is 16.1. The fourth-order valence-corrected chi connectivity index (χ4v) is 4.89. The molecule has 0 unspecified atom stereocenters. The number of esters is 1. The number of hydrogen-bond acceptors (Lipinski definition) is 6. The largest absolute Gasteiger partial charge is 0.462 e. The second-order valence-corrected chi connectivity index (χ2v) is 9.08. The van der Waals surface area contributed by atoms with Crippen LogP contribution in [-0.4, -0.2) is 26.9 Å². The van der Waals surface area contributed by atoms with Gasteiger partial charge in [-0.1, -0.05) is 42.5 Å². The first kappa shape index (κ1) is 21.7. The summed E-state index contributed by atoms with van der Waals surface area (Å²) in [6.07, 6.45) is 0. The molecule has 0 aliphatic carbocycles. The summed E-state index contributed by atoms with van der Waals surface area (Å²) in [4.78, 5) is 24.9. The predicted octanol–water partition coefficient (Wildman–Crippen LogP) is 3.58. The molecule has 1 atom stereocenters. The van der Waals surface area contributed by atoms with Gasteiger partial charge in [0.2, 0.25) is 5.91 Å². The number of amides is 1. The lowest BCUT2D eigenvalue weighted by Crippen LogP contribution is -2.36. The van der Waals surface area contributed by atoms with Crippen molar-refractivity contribution >= 4 is 38.9 Å². The molecule has 0 saturated heterocycles. The third-order valence-electron chi connectivity index (χ3n) is 4.07. The van der Waals surface area contributed by atoms with Crippen molar-refractivity contribution in [2.75, 3.05) is 11.9 Å². The van der Waals surface area contributed by atoms with Crippen molar-refractivity contribution in [3.8, 4) is 0 Å². The van der Waals surface area contributed by atoms with Gasteiger partial charge in [0.1, 0.15) is 10.3 Å². The van der Waals surface area contributed by atoms with E-state index < -0.39 is 27.9 Å². The highest BCUT2D eigenvalue weighted by Gasteiger charge is 2.28. The summed E-state index contributed by atoms with van der Waals surface area (Å²) in [6.45, 7) is 1.93. The van der Waals surface area contributed by atoms with Gasteiger partial charge in [-0.25, -0.2) is 13.2 Å². The van der Waals surface area contributed by atoms with Gasteiger partial charge < -0.3 is 10.1 Å². The van der Waals surface area contributed by atoms with Gasteiger partial charge in [-0.15, -0.1) is 11.3 Å². The summed E-state index contributed by atoms with van der Waals surface area (Å²) >= 11 is 1.06. The van der Waals surface area contributed by atoms with Crippen LogP contribution in [0.2, 0.25) is 0 Å². The summed E-state index contributed by atoms with van der Waals surface area (Å²) in [7, 11) is -3.90. The Kier molecular flexibility index (Phi) is 6.99. The second-order valence-electron chi connectivity index (χ2n) is 6.19. The normalized spacial score (nSPS) is 12.2. The number of thiophene rings is 1. The first-order valence-corrected chi connectivity index (χ1v) is 11.5. The zero-order valence-corrected chi connectivity index (χ0v) is 17.7. The van der Waals surface area contributed by atoms with Crippen LogP contribution < -0.4 is 10.0 Å². The van der Waals surface area contributed by atoms with Crippen LogP contribution in [0.15, 0.2) is 76.3 Å². The van der Waals surface area contributed by atoms with Gasteiger partial charge in [-0.2, -0.15) is 4.72 Å². The average Bonchev–Trinajstić information content (AvgIpc) is 3.29. The van der Waals surface area contributed by atoms with Gasteiger partial charge in [-0.3, -0.25) is 4.79 Å². The van der Waals surface area contributed by atoms with Crippen LogP contribution in [0.3, 0.4) is 0 Å². The molecule has 0 aliphatic heterocycles. The molecule has 156 valence electrons. The predicted molar refractivity (Wildman–Crippen MR) is 115 cm³/mol. The molecule has 1 aromatic heterocycles. The molecular formula is C21H20N2O5S2. The highest BCUT2D eigenvalue weighted by Crippen LogP contribution is 2.22. The first-order chi connectivity index (χ1) is 14.4. The molecule has 2 aromatic carbocycles. The van der Waals surface area contributed by atoms with Crippen LogP contribution >= 0.6 is 11.3 Å².